The van der Waals surface area contributed by atoms with Crippen LogP contribution in [-0.4, -0.2) is 26.6 Å². The van der Waals surface area contributed by atoms with Gasteiger partial charge < -0.3 is 9.47 Å². The quantitative estimate of drug-likeness (QED) is 0.698. The average molecular weight is 364 g/mol. The lowest BCUT2D eigenvalue weighted by molar-refractivity contribution is 0.110. The summed E-state index contributed by atoms with van der Waals surface area (Å²) in [6.07, 6.45) is 6.48. The van der Waals surface area contributed by atoms with Crippen LogP contribution < -0.4 is 4.74 Å². The second kappa shape index (κ2) is 6.60. The molecule has 1 unspecified atom stereocenters. The van der Waals surface area contributed by atoms with Crippen LogP contribution in [0.25, 0.3) is 10.9 Å². The van der Waals surface area contributed by atoms with Gasteiger partial charge in [-0.05, 0) is 63.3 Å². The molecule has 0 N–H and O–H groups in total. The molecular formula is C21H24N4O2. The second-order valence-electron chi connectivity index (χ2n) is 7.60. The molecule has 1 atom stereocenters. The fourth-order valence-corrected chi connectivity index (χ4v) is 3.95. The Morgan fingerprint density at radius 3 is 2.96 bits per heavy atom. The van der Waals surface area contributed by atoms with Crippen molar-refractivity contribution in [3.63, 3.8) is 0 Å². The van der Waals surface area contributed by atoms with Gasteiger partial charge in [0.15, 0.2) is 0 Å². The highest BCUT2D eigenvalue weighted by Crippen LogP contribution is 2.33. The normalized spacial score (nSPS) is 18.1. The van der Waals surface area contributed by atoms with Gasteiger partial charge in [-0.2, -0.15) is 0 Å². The number of nitrogens with zero attached hydrogens (tertiary/aromatic N) is 4. The topological polar surface area (TPSA) is 62.1 Å². The molecule has 1 fully saturated rings. The third-order valence-corrected chi connectivity index (χ3v) is 5.83. The van der Waals surface area contributed by atoms with Crippen LogP contribution in [-0.2, 0) is 17.8 Å². The molecule has 0 amide bonds. The van der Waals surface area contributed by atoms with Crippen molar-refractivity contribution in [1.29, 1.82) is 0 Å². The first-order valence-corrected chi connectivity index (χ1v) is 9.77. The Morgan fingerprint density at radius 1 is 1.26 bits per heavy atom. The number of fused-ring (bicyclic) bond motifs is 3. The highest BCUT2D eigenvalue weighted by atomic mass is 16.5. The van der Waals surface area contributed by atoms with Crippen LogP contribution in [0.3, 0.4) is 0 Å². The SMILES string of the molecule is Cc1nc2ccc(OC(C)c3cn(C4CCC4)nn3)cc2c2c1COCC2. The highest BCUT2D eigenvalue weighted by molar-refractivity contribution is 5.85. The molecule has 3 heterocycles. The van der Waals surface area contributed by atoms with Gasteiger partial charge in [0.1, 0.15) is 17.5 Å². The second-order valence-corrected chi connectivity index (χ2v) is 7.60. The van der Waals surface area contributed by atoms with Crippen LogP contribution in [0.15, 0.2) is 24.4 Å². The summed E-state index contributed by atoms with van der Waals surface area (Å²) in [6.45, 7) is 5.49. The van der Waals surface area contributed by atoms with Crippen LogP contribution in [0.2, 0.25) is 0 Å². The molecule has 2 aliphatic rings. The fourth-order valence-electron chi connectivity index (χ4n) is 3.95. The summed E-state index contributed by atoms with van der Waals surface area (Å²) in [7, 11) is 0. The first-order valence-electron chi connectivity index (χ1n) is 9.77. The summed E-state index contributed by atoms with van der Waals surface area (Å²) in [4.78, 5) is 4.74. The molecule has 5 rings (SSSR count). The molecule has 1 aliphatic heterocycles. The molecule has 2 aromatic heterocycles. The number of aromatic nitrogens is 4. The molecule has 27 heavy (non-hydrogen) atoms. The Bertz CT molecular complexity index is 993. The maximum atomic E-state index is 6.20. The summed E-state index contributed by atoms with van der Waals surface area (Å²) in [5.41, 5.74) is 5.52. The molecule has 0 spiro atoms. The van der Waals surface area contributed by atoms with E-state index in [1.54, 1.807) is 0 Å². The van der Waals surface area contributed by atoms with Gasteiger partial charge in [0.2, 0.25) is 0 Å². The molecule has 6 heteroatoms. The summed E-state index contributed by atoms with van der Waals surface area (Å²) in [5.74, 6) is 0.840. The smallest absolute Gasteiger partial charge is 0.141 e. The number of benzene rings is 1. The molecular weight excluding hydrogens is 340 g/mol. The van der Waals surface area contributed by atoms with Crippen LogP contribution in [0, 0.1) is 6.92 Å². The zero-order valence-electron chi connectivity index (χ0n) is 15.8. The number of hydrogen-bond donors (Lipinski definition) is 0. The van der Waals surface area contributed by atoms with Crippen LogP contribution in [0.1, 0.15) is 60.8 Å². The first-order chi connectivity index (χ1) is 13.2. The lowest BCUT2D eigenvalue weighted by atomic mass is 9.93. The van der Waals surface area contributed by atoms with Crippen molar-refractivity contribution in [1.82, 2.24) is 20.0 Å². The minimum Gasteiger partial charge on any atom is -0.484 e. The predicted molar refractivity (Wildman–Crippen MR) is 102 cm³/mol. The Kier molecular flexibility index (Phi) is 4.08. The highest BCUT2D eigenvalue weighted by Gasteiger charge is 2.22. The third-order valence-electron chi connectivity index (χ3n) is 5.83. The van der Waals surface area contributed by atoms with E-state index in [4.69, 9.17) is 14.5 Å². The van der Waals surface area contributed by atoms with Crippen molar-refractivity contribution in [2.75, 3.05) is 6.61 Å². The largest absolute Gasteiger partial charge is 0.484 e. The monoisotopic (exact) mass is 364 g/mol. The molecule has 140 valence electrons. The predicted octanol–water partition coefficient (Wildman–Crippen LogP) is 4.07. The molecule has 0 radical (unpaired) electrons. The van der Waals surface area contributed by atoms with Crippen LogP contribution in [0.4, 0.5) is 0 Å². The van der Waals surface area contributed by atoms with E-state index in [2.05, 4.69) is 23.3 Å². The maximum absolute atomic E-state index is 6.20. The number of aryl methyl sites for hydroxylation is 1. The molecule has 0 bridgehead atoms. The molecule has 1 saturated carbocycles. The fraction of sp³-hybridized carbons (Fsp3) is 0.476. The van der Waals surface area contributed by atoms with E-state index >= 15 is 0 Å². The van der Waals surface area contributed by atoms with Crippen molar-refractivity contribution >= 4 is 10.9 Å². The first kappa shape index (κ1) is 16.7. The van der Waals surface area contributed by atoms with Gasteiger partial charge in [-0.1, -0.05) is 5.21 Å². The minimum absolute atomic E-state index is 0.145. The lowest BCUT2D eigenvalue weighted by Crippen LogP contribution is -2.17. The van der Waals surface area contributed by atoms with E-state index in [0.717, 1.165) is 35.7 Å². The third kappa shape index (κ3) is 2.98. The van der Waals surface area contributed by atoms with E-state index in [1.807, 2.05) is 29.9 Å². The average Bonchev–Trinajstić information content (AvgIpc) is 3.11. The van der Waals surface area contributed by atoms with E-state index < -0.39 is 0 Å². The van der Waals surface area contributed by atoms with Crippen molar-refractivity contribution in [3.8, 4) is 5.75 Å². The number of hydrogen-bond acceptors (Lipinski definition) is 5. The van der Waals surface area contributed by atoms with Crippen molar-refractivity contribution in [3.05, 3.63) is 46.9 Å². The summed E-state index contributed by atoms with van der Waals surface area (Å²) >= 11 is 0. The van der Waals surface area contributed by atoms with Gasteiger partial charge in [-0.3, -0.25) is 4.98 Å². The van der Waals surface area contributed by atoms with Crippen molar-refractivity contribution < 1.29 is 9.47 Å². The van der Waals surface area contributed by atoms with Crippen molar-refractivity contribution in [2.45, 2.75) is 58.3 Å². The lowest BCUT2D eigenvalue weighted by Gasteiger charge is -2.24. The molecule has 1 aliphatic carbocycles. The van der Waals surface area contributed by atoms with Crippen LogP contribution >= 0.6 is 0 Å². The Morgan fingerprint density at radius 2 is 2.15 bits per heavy atom. The zero-order chi connectivity index (χ0) is 18.4. The van der Waals surface area contributed by atoms with Gasteiger partial charge in [-0.15, -0.1) is 5.10 Å². The minimum atomic E-state index is -0.145. The number of ether oxygens (including phenoxy) is 2. The number of rotatable bonds is 4. The summed E-state index contributed by atoms with van der Waals surface area (Å²) < 4.78 is 13.8. The molecule has 6 nitrogen and oxygen atoms in total. The summed E-state index contributed by atoms with van der Waals surface area (Å²) in [5, 5.41) is 9.77. The Balaban J connectivity index is 1.43. The molecule has 3 aromatic rings. The van der Waals surface area contributed by atoms with E-state index in [1.165, 1.54) is 35.8 Å². The van der Waals surface area contributed by atoms with Gasteiger partial charge in [0, 0.05) is 16.6 Å². The van der Waals surface area contributed by atoms with E-state index in [-0.39, 0.29) is 6.10 Å². The van der Waals surface area contributed by atoms with Crippen molar-refractivity contribution in [2.24, 2.45) is 0 Å². The van der Waals surface area contributed by atoms with Gasteiger partial charge >= 0.3 is 0 Å². The summed E-state index contributed by atoms with van der Waals surface area (Å²) in [6, 6.07) is 6.67. The van der Waals surface area contributed by atoms with Crippen LogP contribution in [0.5, 0.6) is 5.75 Å². The zero-order valence-corrected chi connectivity index (χ0v) is 15.8. The van der Waals surface area contributed by atoms with E-state index in [9.17, 15) is 0 Å². The maximum Gasteiger partial charge on any atom is 0.141 e. The van der Waals surface area contributed by atoms with Gasteiger partial charge in [0.25, 0.3) is 0 Å². The standard InChI is InChI=1S/C21H24N4O2/c1-13-19-12-26-9-8-17(19)18-10-16(6-7-20(18)22-13)27-14(2)21-11-25(24-23-21)15-4-3-5-15/h6-7,10-11,14-15H,3-5,8-9,12H2,1-2H3. The van der Waals surface area contributed by atoms with E-state index in [0.29, 0.717) is 12.6 Å². The molecule has 0 saturated heterocycles. The Hall–Kier alpha value is -2.47. The van der Waals surface area contributed by atoms with Gasteiger partial charge in [0.05, 0.1) is 31.0 Å². The Labute approximate surface area is 158 Å². The number of pyridine rings is 1. The van der Waals surface area contributed by atoms with Gasteiger partial charge in [-0.25, -0.2) is 4.68 Å². The molecule has 1 aromatic carbocycles.